The highest BCUT2D eigenvalue weighted by Crippen LogP contribution is 2.15. The van der Waals surface area contributed by atoms with Crippen molar-refractivity contribution in [3.63, 3.8) is 0 Å². The minimum atomic E-state index is 0.0566. The van der Waals surface area contributed by atoms with Gasteiger partial charge in [0, 0.05) is 51.6 Å². The lowest BCUT2D eigenvalue weighted by Gasteiger charge is -2.33. The first-order valence-corrected chi connectivity index (χ1v) is 9.54. The molecular weight excluding hydrogens is 316 g/mol. The normalized spacial score (nSPS) is 22.0. The zero-order chi connectivity index (χ0) is 17.5. The molecule has 0 saturated carbocycles. The molecule has 6 heteroatoms. The van der Waals surface area contributed by atoms with Gasteiger partial charge in [-0.3, -0.25) is 9.88 Å². The van der Waals surface area contributed by atoms with Crippen molar-refractivity contribution >= 4 is 6.03 Å². The third-order valence-electron chi connectivity index (χ3n) is 5.14. The van der Waals surface area contributed by atoms with Crippen molar-refractivity contribution in [3.05, 3.63) is 30.1 Å². The van der Waals surface area contributed by atoms with Crippen LogP contribution in [0.4, 0.5) is 4.79 Å². The lowest BCUT2D eigenvalue weighted by Crippen LogP contribution is -2.50. The Morgan fingerprint density at radius 2 is 2.20 bits per heavy atom. The van der Waals surface area contributed by atoms with E-state index in [1.54, 1.807) is 0 Å². The largest absolute Gasteiger partial charge is 0.376 e. The quantitative estimate of drug-likeness (QED) is 0.858. The second-order valence-electron chi connectivity index (χ2n) is 6.99. The number of pyridine rings is 1. The number of rotatable bonds is 6. The fraction of sp³-hybridized carbons (Fsp3) is 0.684. The molecule has 0 radical (unpaired) electrons. The molecule has 1 atom stereocenters. The average molecular weight is 346 g/mol. The van der Waals surface area contributed by atoms with Gasteiger partial charge in [-0.25, -0.2) is 4.79 Å². The maximum Gasteiger partial charge on any atom is 0.317 e. The Morgan fingerprint density at radius 1 is 1.36 bits per heavy atom. The molecule has 3 heterocycles. The molecule has 0 aliphatic carbocycles. The molecule has 2 fully saturated rings. The van der Waals surface area contributed by atoms with Crippen LogP contribution >= 0.6 is 0 Å². The number of piperidine rings is 1. The fourth-order valence-electron chi connectivity index (χ4n) is 3.61. The van der Waals surface area contributed by atoms with Crippen LogP contribution in [0.1, 0.15) is 38.3 Å². The van der Waals surface area contributed by atoms with Crippen molar-refractivity contribution in [1.82, 2.24) is 20.1 Å². The smallest absolute Gasteiger partial charge is 0.317 e. The Morgan fingerprint density at radius 3 is 2.84 bits per heavy atom. The maximum absolute atomic E-state index is 12.5. The van der Waals surface area contributed by atoms with Gasteiger partial charge in [-0.15, -0.1) is 0 Å². The van der Waals surface area contributed by atoms with E-state index in [2.05, 4.69) is 21.3 Å². The molecule has 25 heavy (non-hydrogen) atoms. The van der Waals surface area contributed by atoms with Crippen LogP contribution in [0.2, 0.25) is 0 Å². The van der Waals surface area contributed by atoms with E-state index in [9.17, 15) is 4.79 Å². The number of nitrogens with one attached hydrogen (secondary N) is 1. The van der Waals surface area contributed by atoms with Crippen molar-refractivity contribution in [1.29, 1.82) is 0 Å². The van der Waals surface area contributed by atoms with E-state index in [1.807, 2.05) is 30.2 Å². The van der Waals surface area contributed by atoms with Crippen molar-refractivity contribution in [2.75, 3.05) is 32.8 Å². The van der Waals surface area contributed by atoms with E-state index < -0.39 is 0 Å². The number of ether oxygens (including phenoxy) is 1. The summed E-state index contributed by atoms with van der Waals surface area (Å²) in [6, 6.07) is 6.37. The molecule has 2 saturated heterocycles. The van der Waals surface area contributed by atoms with Gasteiger partial charge in [-0.1, -0.05) is 6.07 Å². The third-order valence-corrected chi connectivity index (χ3v) is 5.14. The number of aromatic nitrogens is 1. The molecule has 0 bridgehead atoms. The molecule has 1 unspecified atom stereocenters. The van der Waals surface area contributed by atoms with Crippen LogP contribution in [-0.2, 0) is 11.3 Å². The first-order valence-electron chi connectivity index (χ1n) is 9.54. The van der Waals surface area contributed by atoms with E-state index in [0.29, 0.717) is 6.54 Å². The van der Waals surface area contributed by atoms with Gasteiger partial charge >= 0.3 is 6.03 Å². The van der Waals surface area contributed by atoms with E-state index in [0.717, 1.165) is 64.2 Å². The summed E-state index contributed by atoms with van der Waals surface area (Å²) in [5.74, 6) is 0. The SMILES string of the molecule is CCN(CC1CCCO1)C(=O)NC1CCN(Cc2ccccn2)CC1. The monoisotopic (exact) mass is 346 g/mol. The minimum absolute atomic E-state index is 0.0566. The number of hydrogen-bond donors (Lipinski definition) is 1. The Balaban J connectivity index is 1.40. The Labute approximate surface area is 150 Å². The van der Waals surface area contributed by atoms with Gasteiger partial charge in [-0.05, 0) is 44.7 Å². The standard InChI is InChI=1S/C19H30N4O2/c1-2-23(15-18-7-5-13-25-18)19(24)21-16-8-11-22(12-9-16)14-17-6-3-4-10-20-17/h3-4,6,10,16,18H,2,5,7-9,11-15H2,1H3,(H,21,24). The topological polar surface area (TPSA) is 57.7 Å². The highest BCUT2D eigenvalue weighted by Gasteiger charge is 2.25. The summed E-state index contributed by atoms with van der Waals surface area (Å²) in [6.07, 6.45) is 6.22. The van der Waals surface area contributed by atoms with Crippen molar-refractivity contribution in [3.8, 4) is 0 Å². The average Bonchev–Trinajstić information content (AvgIpc) is 3.15. The van der Waals surface area contributed by atoms with Crippen LogP contribution in [0.15, 0.2) is 24.4 Å². The fourth-order valence-corrected chi connectivity index (χ4v) is 3.61. The number of urea groups is 1. The number of hydrogen-bond acceptors (Lipinski definition) is 4. The summed E-state index contributed by atoms with van der Waals surface area (Å²) >= 11 is 0. The maximum atomic E-state index is 12.5. The summed E-state index contributed by atoms with van der Waals surface area (Å²) in [6.45, 7) is 7.19. The lowest BCUT2D eigenvalue weighted by atomic mass is 10.0. The molecule has 2 aliphatic heterocycles. The van der Waals surface area contributed by atoms with E-state index in [4.69, 9.17) is 4.74 Å². The number of likely N-dealkylation sites (tertiary alicyclic amines) is 1. The summed E-state index contributed by atoms with van der Waals surface area (Å²) in [7, 11) is 0. The van der Waals surface area contributed by atoms with Crippen LogP contribution in [0, 0.1) is 0 Å². The highest BCUT2D eigenvalue weighted by atomic mass is 16.5. The molecule has 0 spiro atoms. The van der Waals surface area contributed by atoms with Gasteiger partial charge in [-0.2, -0.15) is 0 Å². The zero-order valence-electron chi connectivity index (χ0n) is 15.2. The summed E-state index contributed by atoms with van der Waals surface area (Å²) in [4.78, 5) is 21.2. The predicted molar refractivity (Wildman–Crippen MR) is 97.3 cm³/mol. The van der Waals surface area contributed by atoms with E-state index >= 15 is 0 Å². The molecule has 1 aromatic heterocycles. The Kier molecular flexibility index (Phi) is 6.64. The molecule has 138 valence electrons. The van der Waals surface area contributed by atoms with Crippen LogP contribution in [0.3, 0.4) is 0 Å². The van der Waals surface area contributed by atoms with Crippen molar-refractivity contribution < 1.29 is 9.53 Å². The van der Waals surface area contributed by atoms with Gasteiger partial charge in [0.2, 0.25) is 0 Å². The van der Waals surface area contributed by atoms with Crippen LogP contribution in [0.5, 0.6) is 0 Å². The molecule has 6 nitrogen and oxygen atoms in total. The molecule has 1 N–H and O–H groups in total. The highest BCUT2D eigenvalue weighted by molar-refractivity contribution is 5.74. The summed E-state index contributed by atoms with van der Waals surface area (Å²) in [5, 5.41) is 3.22. The van der Waals surface area contributed by atoms with Crippen molar-refractivity contribution in [2.45, 2.75) is 51.3 Å². The third kappa shape index (κ3) is 5.41. The number of carbonyl (C=O) groups excluding carboxylic acids is 1. The van der Waals surface area contributed by atoms with Gasteiger partial charge in [0.05, 0.1) is 11.8 Å². The molecule has 3 rings (SSSR count). The Bertz CT molecular complexity index is 525. The van der Waals surface area contributed by atoms with E-state index in [1.165, 1.54) is 0 Å². The molecule has 0 aromatic carbocycles. The first-order chi connectivity index (χ1) is 12.2. The predicted octanol–water partition coefficient (Wildman–Crippen LogP) is 2.26. The van der Waals surface area contributed by atoms with Crippen LogP contribution < -0.4 is 5.32 Å². The molecule has 1 aromatic rings. The summed E-state index contributed by atoms with van der Waals surface area (Å²) < 4.78 is 5.66. The lowest BCUT2D eigenvalue weighted by molar-refractivity contribution is 0.0812. The molecule has 2 amide bonds. The van der Waals surface area contributed by atoms with E-state index in [-0.39, 0.29) is 18.2 Å². The van der Waals surface area contributed by atoms with Gasteiger partial charge in [0.25, 0.3) is 0 Å². The number of likely N-dealkylation sites (N-methyl/N-ethyl adjacent to an activating group) is 1. The van der Waals surface area contributed by atoms with Gasteiger partial charge in [0.1, 0.15) is 0 Å². The zero-order valence-corrected chi connectivity index (χ0v) is 15.2. The van der Waals surface area contributed by atoms with Crippen LogP contribution in [0.25, 0.3) is 0 Å². The second kappa shape index (κ2) is 9.15. The van der Waals surface area contributed by atoms with Gasteiger partial charge in [0.15, 0.2) is 0 Å². The number of amides is 2. The summed E-state index contributed by atoms with van der Waals surface area (Å²) in [5.41, 5.74) is 1.11. The van der Waals surface area contributed by atoms with Crippen LogP contribution in [-0.4, -0.2) is 65.7 Å². The molecular formula is C19H30N4O2. The van der Waals surface area contributed by atoms with Crippen molar-refractivity contribution in [2.24, 2.45) is 0 Å². The first kappa shape index (κ1) is 18.1. The van der Waals surface area contributed by atoms with Gasteiger partial charge < -0.3 is 15.0 Å². The second-order valence-corrected chi connectivity index (χ2v) is 6.99. The number of carbonyl (C=O) groups is 1. The molecule has 2 aliphatic rings. The minimum Gasteiger partial charge on any atom is -0.376 e. The number of nitrogens with zero attached hydrogens (tertiary/aromatic N) is 3. The Hall–Kier alpha value is -1.66.